The minimum atomic E-state index is -0.0395. The molecule has 1 atom stereocenters. The second-order valence-electron chi connectivity index (χ2n) is 6.34. The van der Waals surface area contributed by atoms with Crippen molar-refractivity contribution in [3.8, 4) is 0 Å². The zero-order valence-electron chi connectivity index (χ0n) is 15.2. The van der Waals surface area contributed by atoms with E-state index in [1.54, 1.807) is 11.3 Å². The third kappa shape index (κ3) is 4.81. The van der Waals surface area contributed by atoms with E-state index in [4.69, 9.17) is 0 Å². The van der Waals surface area contributed by atoms with Crippen LogP contribution in [0.3, 0.4) is 0 Å². The molecule has 0 fully saturated rings. The van der Waals surface area contributed by atoms with Crippen molar-refractivity contribution in [1.29, 1.82) is 0 Å². The highest BCUT2D eigenvalue weighted by molar-refractivity contribution is 7.10. The quantitative estimate of drug-likeness (QED) is 0.624. The smallest absolute Gasteiger partial charge is 0.238 e. The van der Waals surface area contributed by atoms with Gasteiger partial charge < -0.3 is 5.32 Å². The zero-order valence-corrected chi connectivity index (χ0v) is 16.0. The van der Waals surface area contributed by atoms with Gasteiger partial charge in [-0.05, 0) is 53.6 Å². The third-order valence-electron chi connectivity index (χ3n) is 4.32. The first kappa shape index (κ1) is 18.4. The Morgan fingerprint density at radius 2 is 1.88 bits per heavy atom. The second-order valence-corrected chi connectivity index (χ2v) is 7.32. The standard InChI is InChI=1S/C22H24N2OS/c1-3-17-9-11-18(12-10-17)22(20-8-5-13-26-20)23-15-21(25)24-19-7-4-6-16(2)14-19/h4-14,22-23H,3,15H2,1-2H3,(H,24,25). The molecule has 0 saturated heterocycles. The van der Waals surface area contributed by atoms with Crippen molar-refractivity contribution in [2.45, 2.75) is 26.3 Å². The highest BCUT2D eigenvalue weighted by Gasteiger charge is 2.16. The molecule has 134 valence electrons. The molecule has 0 saturated carbocycles. The van der Waals surface area contributed by atoms with Crippen molar-refractivity contribution in [3.63, 3.8) is 0 Å². The third-order valence-corrected chi connectivity index (χ3v) is 5.25. The summed E-state index contributed by atoms with van der Waals surface area (Å²) in [7, 11) is 0. The van der Waals surface area contributed by atoms with Crippen LogP contribution in [0.5, 0.6) is 0 Å². The molecule has 1 amide bonds. The summed E-state index contributed by atoms with van der Waals surface area (Å²) in [6.07, 6.45) is 1.02. The molecule has 0 aliphatic carbocycles. The predicted molar refractivity (Wildman–Crippen MR) is 110 cm³/mol. The molecule has 0 radical (unpaired) electrons. The Morgan fingerprint density at radius 3 is 2.54 bits per heavy atom. The maximum Gasteiger partial charge on any atom is 0.238 e. The number of rotatable bonds is 7. The lowest BCUT2D eigenvalue weighted by Crippen LogP contribution is -2.31. The van der Waals surface area contributed by atoms with E-state index in [1.807, 2.05) is 37.3 Å². The van der Waals surface area contributed by atoms with Crippen LogP contribution in [0.2, 0.25) is 0 Å². The lowest BCUT2D eigenvalue weighted by atomic mass is 10.0. The van der Waals surface area contributed by atoms with E-state index in [9.17, 15) is 4.79 Å². The van der Waals surface area contributed by atoms with E-state index < -0.39 is 0 Å². The van der Waals surface area contributed by atoms with E-state index in [-0.39, 0.29) is 18.5 Å². The van der Waals surface area contributed by atoms with E-state index in [2.05, 4.69) is 53.3 Å². The molecule has 0 bridgehead atoms. The topological polar surface area (TPSA) is 41.1 Å². The predicted octanol–water partition coefficient (Wildman–Crippen LogP) is 4.94. The molecule has 1 aromatic heterocycles. The zero-order chi connectivity index (χ0) is 18.4. The Labute approximate surface area is 159 Å². The average molecular weight is 365 g/mol. The number of thiophene rings is 1. The number of nitrogens with one attached hydrogen (secondary N) is 2. The minimum absolute atomic E-state index is 0.0177. The van der Waals surface area contributed by atoms with Gasteiger partial charge in [-0.25, -0.2) is 0 Å². The fourth-order valence-corrected chi connectivity index (χ4v) is 3.73. The summed E-state index contributed by atoms with van der Waals surface area (Å²) in [5.41, 5.74) is 4.45. The van der Waals surface area contributed by atoms with Crippen molar-refractivity contribution in [2.75, 3.05) is 11.9 Å². The molecule has 1 heterocycles. The van der Waals surface area contributed by atoms with Crippen LogP contribution < -0.4 is 10.6 Å². The lowest BCUT2D eigenvalue weighted by Gasteiger charge is -2.18. The first-order valence-electron chi connectivity index (χ1n) is 8.88. The number of benzene rings is 2. The summed E-state index contributed by atoms with van der Waals surface area (Å²) in [5, 5.41) is 8.43. The summed E-state index contributed by atoms with van der Waals surface area (Å²) in [4.78, 5) is 13.6. The minimum Gasteiger partial charge on any atom is -0.325 e. The van der Waals surface area contributed by atoms with Crippen LogP contribution in [0.25, 0.3) is 0 Å². The average Bonchev–Trinajstić information content (AvgIpc) is 3.17. The normalized spacial score (nSPS) is 11.9. The number of hydrogen-bond donors (Lipinski definition) is 2. The van der Waals surface area contributed by atoms with E-state index in [0.717, 1.165) is 17.7 Å². The molecule has 0 spiro atoms. The summed E-state index contributed by atoms with van der Waals surface area (Å²) in [6.45, 7) is 4.42. The second kappa shape index (κ2) is 8.79. The van der Waals surface area contributed by atoms with Crippen LogP contribution in [0.4, 0.5) is 5.69 Å². The van der Waals surface area contributed by atoms with Gasteiger partial charge in [-0.3, -0.25) is 10.1 Å². The van der Waals surface area contributed by atoms with Crippen LogP contribution in [0, 0.1) is 6.92 Å². The van der Waals surface area contributed by atoms with E-state index >= 15 is 0 Å². The van der Waals surface area contributed by atoms with Crippen LogP contribution >= 0.6 is 11.3 Å². The molecule has 1 unspecified atom stereocenters. The maximum atomic E-state index is 12.4. The number of aryl methyl sites for hydroxylation is 2. The van der Waals surface area contributed by atoms with Gasteiger partial charge in [0.2, 0.25) is 5.91 Å². The maximum absolute atomic E-state index is 12.4. The summed E-state index contributed by atoms with van der Waals surface area (Å²) >= 11 is 1.70. The molecular weight excluding hydrogens is 340 g/mol. The van der Waals surface area contributed by atoms with Crippen LogP contribution in [-0.4, -0.2) is 12.5 Å². The number of anilines is 1. The van der Waals surface area contributed by atoms with Crippen LogP contribution in [0.1, 0.15) is 34.5 Å². The van der Waals surface area contributed by atoms with Crippen molar-refractivity contribution < 1.29 is 4.79 Å². The molecule has 3 nitrogen and oxygen atoms in total. The first-order chi connectivity index (χ1) is 12.7. The largest absolute Gasteiger partial charge is 0.325 e. The highest BCUT2D eigenvalue weighted by atomic mass is 32.1. The number of carbonyl (C=O) groups is 1. The summed E-state index contributed by atoms with van der Waals surface area (Å²) in [5.74, 6) is -0.0395. The Kier molecular flexibility index (Phi) is 6.21. The van der Waals surface area contributed by atoms with Crippen molar-refractivity contribution in [1.82, 2.24) is 5.32 Å². The molecule has 0 aliphatic heterocycles. The number of amides is 1. The molecule has 3 aromatic rings. The van der Waals surface area contributed by atoms with E-state index in [1.165, 1.54) is 16.0 Å². The molecule has 4 heteroatoms. The van der Waals surface area contributed by atoms with Crippen molar-refractivity contribution >= 4 is 22.9 Å². The van der Waals surface area contributed by atoms with Crippen LogP contribution in [-0.2, 0) is 11.2 Å². The van der Waals surface area contributed by atoms with Gasteiger partial charge >= 0.3 is 0 Å². The number of carbonyl (C=O) groups excluding carboxylic acids is 1. The Hall–Kier alpha value is -2.43. The molecule has 0 aliphatic rings. The molecular formula is C22H24N2OS. The van der Waals surface area contributed by atoms with Crippen molar-refractivity contribution in [3.05, 3.63) is 87.6 Å². The SMILES string of the molecule is CCc1ccc(C(NCC(=O)Nc2cccc(C)c2)c2cccs2)cc1. The van der Waals surface area contributed by atoms with E-state index in [0.29, 0.717) is 0 Å². The van der Waals surface area contributed by atoms with Gasteiger partial charge in [-0.15, -0.1) is 11.3 Å². The van der Waals surface area contributed by atoms with Gasteiger partial charge in [0.05, 0.1) is 12.6 Å². The monoisotopic (exact) mass is 364 g/mol. The van der Waals surface area contributed by atoms with Gasteiger partial charge in [0, 0.05) is 10.6 Å². The molecule has 2 N–H and O–H groups in total. The van der Waals surface area contributed by atoms with Crippen LogP contribution in [0.15, 0.2) is 66.0 Å². The molecule has 26 heavy (non-hydrogen) atoms. The molecule has 2 aromatic carbocycles. The Bertz CT molecular complexity index is 841. The summed E-state index contributed by atoms with van der Waals surface area (Å²) < 4.78 is 0. The fourth-order valence-electron chi connectivity index (χ4n) is 2.91. The Balaban J connectivity index is 1.69. The van der Waals surface area contributed by atoms with Gasteiger partial charge in [0.25, 0.3) is 0 Å². The van der Waals surface area contributed by atoms with Crippen molar-refractivity contribution in [2.24, 2.45) is 0 Å². The van der Waals surface area contributed by atoms with Gasteiger partial charge in [0.15, 0.2) is 0 Å². The first-order valence-corrected chi connectivity index (χ1v) is 9.76. The number of hydrogen-bond acceptors (Lipinski definition) is 3. The van der Waals surface area contributed by atoms with Gasteiger partial charge in [-0.2, -0.15) is 0 Å². The lowest BCUT2D eigenvalue weighted by molar-refractivity contribution is -0.115. The highest BCUT2D eigenvalue weighted by Crippen LogP contribution is 2.26. The molecule has 3 rings (SSSR count). The Morgan fingerprint density at radius 1 is 1.08 bits per heavy atom. The van der Waals surface area contributed by atoms with Gasteiger partial charge in [0.1, 0.15) is 0 Å². The fraction of sp³-hybridized carbons (Fsp3) is 0.227. The van der Waals surface area contributed by atoms with Gasteiger partial charge in [-0.1, -0.05) is 49.4 Å². The summed E-state index contributed by atoms with van der Waals surface area (Å²) in [6, 6.07) is 20.6.